The third-order valence-corrected chi connectivity index (χ3v) is 1.78. The molecule has 0 radical (unpaired) electrons. The minimum Gasteiger partial charge on any atom is -0.492 e. The summed E-state index contributed by atoms with van der Waals surface area (Å²) in [5.41, 5.74) is 6.35. The summed E-state index contributed by atoms with van der Waals surface area (Å²) in [5, 5.41) is 3.27. The first-order valence-electron chi connectivity index (χ1n) is 4.90. The molecule has 0 fully saturated rings. The van der Waals surface area contributed by atoms with E-state index >= 15 is 0 Å². The van der Waals surface area contributed by atoms with Gasteiger partial charge in [0.25, 0.3) is 0 Å². The van der Waals surface area contributed by atoms with Gasteiger partial charge in [0, 0.05) is 24.3 Å². The van der Waals surface area contributed by atoms with Gasteiger partial charge in [0.1, 0.15) is 12.4 Å². The third-order valence-electron chi connectivity index (χ3n) is 1.78. The van der Waals surface area contributed by atoms with Crippen molar-refractivity contribution in [2.24, 2.45) is 0 Å². The molecule has 0 saturated carbocycles. The topological polar surface area (TPSA) is 47.3 Å². The van der Waals surface area contributed by atoms with Gasteiger partial charge < -0.3 is 15.8 Å². The molecule has 3 N–H and O–H groups in total. The van der Waals surface area contributed by atoms with Crippen molar-refractivity contribution in [3.8, 4) is 5.75 Å². The highest BCUT2D eigenvalue weighted by Gasteiger charge is 1.94. The molecule has 1 rings (SSSR count). The van der Waals surface area contributed by atoms with Gasteiger partial charge in [0.15, 0.2) is 0 Å². The molecule has 0 aliphatic rings. The second-order valence-electron chi connectivity index (χ2n) is 3.53. The molecule has 1 aromatic rings. The quantitative estimate of drug-likeness (QED) is 0.553. The van der Waals surface area contributed by atoms with Gasteiger partial charge in [-0.1, -0.05) is 19.9 Å². The monoisotopic (exact) mass is 194 g/mol. The Morgan fingerprint density at radius 1 is 1.43 bits per heavy atom. The van der Waals surface area contributed by atoms with E-state index in [4.69, 9.17) is 10.5 Å². The number of rotatable bonds is 5. The number of hydrogen-bond acceptors (Lipinski definition) is 3. The van der Waals surface area contributed by atoms with Crippen LogP contribution in [0.2, 0.25) is 0 Å². The van der Waals surface area contributed by atoms with E-state index in [1.807, 2.05) is 24.3 Å². The molecule has 0 aliphatic carbocycles. The number of nitrogens with two attached hydrogens (primary N) is 1. The Balaban J connectivity index is 2.25. The summed E-state index contributed by atoms with van der Waals surface area (Å²) in [6.45, 7) is 5.75. The molecule has 14 heavy (non-hydrogen) atoms. The molecule has 0 atom stereocenters. The fourth-order valence-corrected chi connectivity index (χ4v) is 1.12. The van der Waals surface area contributed by atoms with Crippen LogP contribution < -0.4 is 15.8 Å². The number of ether oxygens (including phenoxy) is 1. The number of nitrogen functional groups attached to an aromatic ring is 1. The van der Waals surface area contributed by atoms with Crippen molar-refractivity contribution in [2.75, 3.05) is 18.9 Å². The summed E-state index contributed by atoms with van der Waals surface area (Å²) in [4.78, 5) is 0. The second kappa shape index (κ2) is 5.50. The summed E-state index contributed by atoms with van der Waals surface area (Å²) in [5.74, 6) is 0.829. The van der Waals surface area contributed by atoms with Crippen molar-refractivity contribution >= 4 is 5.69 Å². The maximum absolute atomic E-state index is 5.62. The summed E-state index contributed by atoms with van der Waals surface area (Å²) in [6, 6.07) is 7.97. The Bertz CT molecular complexity index is 274. The van der Waals surface area contributed by atoms with Gasteiger partial charge in [-0.25, -0.2) is 0 Å². The zero-order valence-corrected chi connectivity index (χ0v) is 8.79. The highest BCUT2D eigenvalue weighted by atomic mass is 16.5. The van der Waals surface area contributed by atoms with E-state index in [0.29, 0.717) is 12.6 Å². The maximum Gasteiger partial charge on any atom is 0.121 e. The smallest absolute Gasteiger partial charge is 0.121 e. The summed E-state index contributed by atoms with van der Waals surface area (Å²) in [6.07, 6.45) is 0. The van der Waals surface area contributed by atoms with Crippen molar-refractivity contribution in [1.82, 2.24) is 5.32 Å². The zero-order chi connectivity index (χ0) is 10.4. The number of benzene rings is 1. The first kappa shape index (κ1) is 10.9. The maximum atomic E-state index is 5.62. The van der Waals surface area contributed by atoms with Gasteiger partial charge in [0.2, 0.25) is 0 Å². The van der Waals surface area contributed by atoms with Crippen molar-refractivity contribution in [3.63, 3.8) is 0 Å². The lowest BCUT2D eigenvalue weighted by Gasteiger charge is -2.09. The lowest BCUT2D eigenvalue weighted by atomic mass is 10.3. The molecule has 0 aromatic heterocycles. The molecule has 78 valence electrons. The first-order valence-corrected chi connectivity index (χ1v) is 4.90. The summed E-state index contributed by atoms with van der Waals surface area (Å²) in [7, 11) is 0. The van der Waals surface area contributed by atoms with Crippen molar-refractivity contribution in [2.45, 2.75) is 19.9 Å². The summed E-state index contributed by atoms with van der Waals surface area (Å²) < 4.78 is 5.49. The Labute approximate surface area is 85.3 Å². The average molecular weight is 194 g/mol. The van der Waals surface area contributed by atoms with Crippen LogP contribution >= 0.6 is 0 Å². The summed E-state index contributed by atoms with van der Waals surface area (Å²) >= 11 is 0. The molecule has 3 heteroatoms. The fourth-order valence-electron chi connectivity index (χ4n) is 1.12. The van der Waals surface area contributed by atoms with Gasteiger partial charge in [-0.05, 0) is 12.1 Å². The molecule has 1 aromatic carbocycles. The van der Waals surface area contributed by atoms with Gasteiger partial charge in [-0.2, -0.15) is 0 Å². The standard InChI is InChI=1S/C11H18N2O/c1-9(2)13-6-7-14-11-5-3-4-10(12)8-11/h3-5,8-9,13H,6-7,12H2,1-2H3. The van der Waals surface area contributed by atoms with E-state index in [0.717, 1.165) is 18.0 Å². The van der Waals surface area contributed by atoms with Crippen LogP contribution in [0, 0.1) is 0 Å². The van der Waals surface area contributed by atoms with Crippen LogP contribution in [0.15, 0.2) is 24.3 Å². The van der Waals surface area contributed by atoms with Crippen molar-refractivity contribution < 1.29 is 4.74 Å². The Morgan fingerprint density at radius 2 is 2.21 bits per heavy atom. The van der Waals surface area contributed by atoms with Crippen molar-refractivity contribution in [3.05, 3.63) is 24.3 Å². The molecule has 0 spiro atoms. The SMILES string of the molecule is CC(C)NCCOc1cccc(N)c1. The minimum absolute atomic E-state index is 0.499. The van der Waals surface area contributed by atoms with Crippen LogP contribution in [0.1, 0.15) is 13.8 Å². The van der Waals surface area contributed by atoms with E-state index < -0.39 is 0 Å². The Hall–Kier alpha value is -1.22. The molecule has 0 heterocycles. The predicted molar refractivity (Wildman–Crippen MR) is 59.5 cm³/mol. The van der Waals surface area contributed by atoms with Gasteiger partial charge in [-0.3, -0.25) is 0 Å². The zero-order valence-electron chi connectivity index (χ0n) is 8.79. The minimum atomic E-state index is 0.499. The highest BCUT2D eigenvalue weighted by Crippen LogP contribution is 2.13. The number of anilines is 1. The lowest BCUT2D eigenvalue weighted by Crippen LogP contribution is -2.27. The fraction of sp³-hybridized carbons (Fsp3) is 0.455. The van der Waals surface area contributed by atoms with Crippen LogP contribution in [-0.2, 0) is 0 Å². The number of nitrogens with one attached hydrogen (secondary N) is 1. The molecule has 0 aliphatic heterocycles. The third kappa shape index (κ3) is 4.14. The number of hydrogen-bond donors (Lipinski definition) is 2. The largest absolute Gasteiger partial charge is 0.492 e. The van der Waals surface area contributed by atoms with Crippen LogP contribution in [-0.4, -0.2) is 19.2 Å². The van der Waals surface area contributed by atoms with Gasteiger partial charge in [0.05, 0.1) is 0 Å². The Morgan fingerprint density at radius 3 is 2.86 bits per heavy atom. The molecule has 3 nitrogen and oxygen atoms in total. The normalized spacial score (nSPS) is 10.5. The molecular formula is C11H18N2O. The van der Waals surface area contributed by atoms with Crippen molar-refractivity contribution in [1.29, 1.82) is 0 Å². The van der Waals surface area contributed by atoms with Crippen LogP contribution in [0.25, 0.3) is 0 Å². The van der Waals surface area contributed by atoms with E-state index in [1.54, 1.807) is 0 Å². The van der Waals surface area contributed by atoms with Crippen LogP contribution in [0.5, 0.6) is 5.75 Å². The van der Waals surface area contributed by atoms with Crippen LogP contribution in [0.3, 0.4) is 0 Å². The van der Waals surface area contributed by atoms with Gasteiger partial charge >= 0.3 is 0 Å². The second-order valence-corrected chi connectivity index (χ2v) is 3.53. The molecule has 0 amide bonds. The molecule has 0 unspecified atom stereocenters. The average Bonchev–Trinajstić information content (AvgIpc) is 2.12. The Kier molecular flexibility index (Phi) is 4.26. The predicted octanol–water partition coefficient (Wildman–Crippen LogP) is 1.65. The molecule has 0 bridgehead atoms. The van der Waals surface area contributed by atoms with E-state index in [1.165, 1.54) is 0 Å². The first-order chi connectivity index (χ1) is 6.68. The van der Waals surface area contributed by atoms with E-state index in [-0.39, 0.29) is 0 Å². The molecule has 0 saturated heterocycles. The highest BCUT2D eigenvalue weighted by molar-refractivity contribution is 5.43. The lowest BCUT2D eigenvalue weighted by molar-refractivity contribution is 0.309. The van der Waals surface area contributed by atoms with Gasteiger partial charge in [-0.15, -0.1) is 0 Å². The molecular weight excluding hydrogens is 176 g/mol. The van der Waals surface area contributed by atoms with E-state index in [9.17, 15) is 0 Å². The van der Waals surface area contributed by atoms with Crippen LogP contribution in [0.4, 0.5) is 5.69 Å². The van der Waals surface area contributed by atoms with E-state index in [2.05, 4.69) is 19.2 Å².